The van der Waals surface area contributed by atoms with Gasteiger partial charge in [-0.15, -0.1) is 12.3 Å². The molecule has 0 saturated heterocycles. The number of nitrogens with one attached hydrogen (secondary N) is 1. The summed E-state index contributed by atoms with van der Waals surface area (Å²) in [5, 5.41) is 12.8. The summed E-state index contributed by atoms with van der Waals surface area (Å²) in [6.45, 7) is 1.91. The van der Waals surface area contributed by atoms with E-state index < -0.39 is 6.10 Å². The molecule has 1 aliphatic carbocycles. The highest BCUT2D eigenvalue weighted by Crippen LogP contribution is 2.20. The van der Waals surface area contributed by atoms with Gasteiger partial charge in [0.1, 0.15) is 0 Å². The zero-order valence-corrected chi connectivity index (χ0v) is 9.95. The molecular formula is C13H23NO2. The van der Waals surface area contributed by atoms with Gasteiger partial charge in [-0.25, -0.2) is 0 Å². The quantitative estimate of drug-likeness (QED) is 0.483. The lowest BCUT2D eigenvalue weighted by Crippen LogP contribution is -2.32. The molecule has 1 atom stereocenters. The van der Waals surface area contributed by atoms with E-state index in [1.54, 1.807) is 0 Å². The maximum absolute atomic E-state index is 9.64. The van der Waals surface area contributed by atoms with Gasteiger partial charge in [-0.2, -0.15) is 0 Å². The van der Waals surface area contributed by atoms with E-state index >= 15 is 0 Å². The molecule has 1 fully saturated rings. The minimum absolute atomic E-state index is 0.385. The van der Waals surface area contributed by atoms with Gasteiger partial charge in [0, 0.05) is 13.0 Å². The largest absolute Gasteiger partial charge is 0.389 e. The lowest BCUT2D eigenvalue weighted by Gasteiger charge is -2.15. The van der Waals surface area contributed by atoms with E-state index in [0.717, 1.165) is 32.2 Å². The summed E-state index contributed by atoms with van der Waals surface area (Å²) in [7, 11) is 0. The predicted octanol–water partition coefficient (Wildman–Crippen LogP) is 1.31. The minimum atomic E-state index is -0.397. The third-order valence-corrected chi connectivity index (χ3v) is 2.88. The van der Waals surface area contributed by atoms with Crippen LogP contribution >= 0.6 is 0 Å². The van der Waals surface area contributed by atoms with Crippen LogP contribution in [-0.2, 0) is 4.74 Å². The van der Waals surface area contributed by atoms with Crippen molar-refractivity contribution in [3.63, 3.8) is 0 Å². The molecule has 0 amide bonds. The predicted molar refractivity (Wildman–Crippen MR) is 65.2 cm³/mol. The summed E-state index contributed by atoms with van der Waals surface area (Å²) in [6, 6.07) is 0. The number of hydrogen-bond acceptors (Lipinski definition) is 3. The van der Waals surface area contributed by atoms with Crippen molar-refractivity contribution >= 4 is 0 Å². The van der Waals surface area contributed by atoms with Gasteiger partial charge in [-0.1, -0.05) is 12.8 Å². The molecule has 0 heterocycles. The van der Waals surface area contributed by atoms with Crippen LogP contribution in [0.4, 0.5) is 0 Å². The van der Waals surface area contributed by atoms with Crippen molar-refractivity contribution < 1.29 is 9.84 Å². The molecule has 16 heavy (non-hydrogen) atoms. The smallest absolute Gasteiger partial charge is 0.0897 e. The molecule has 1 saturated carbocycles. The van der Waals surface area contributed by atoms with Gasteiger partial charge in [-0.3, -0.25) is 0 Å². The number of hydrogen-bond donors (Lipinski definition) is 2. The second-order valence-electron chi connectivity index (χ2n) is 4.41. The third-order valence-electron chi connectivity index (χ3n) is 2.88. The van der Waals surface area contributed by atoms with Crippen molar-refractivity contribution in [2.45, 2.75) is 50.7 Å². The number of aliphatic hydroxyl groups excluding tert-OH is 1. The van der Waals surface area contributed by atoms with Crippen LogP contribution in [-0.4, -0.2) is 37.0 Å². The van der Waals surface area contributed by atoms with E-state index in [2.05, 4.69) is 11.2 Å². The molecule has 0 aliphatic heterocycles. The number of aliphatic hydroxyl groups is 1. The maximum Gasteiger partial charge on any atom is 0.0897 e. The third kappa shape index (κ3) is 6.12. The van der Waals surface area contributed by atoms with Gasteiger partial charge in [0.05, 0.1) is 18.8 Å². The Bertz CT molecular complexity index is 206. The second kappa shape index (κ2) is 8.58. The summed E-state index contributed by atoms with van der Waals surface area (Å²) in [5.74, 6) is 2.59. The molecule has 0 aromatic carbocycles. The molecule has 3 nitrogen and oxygen atoms in total. The lowest BCUT2D eigenvalue weighted by molar-refractivity contribution is -0.00534. The minimum Gasteiger partial charge on any atom is -0.389 e. The van der Waals surface area contributed by atoms with Crippen molar-refractivity contribution in [3.8, 4) is 12.3 Å². The number of unbranched alkanes of at least 4 members (excludes halogenated alkanes) is 1. The Morgan fingerprint density at radius 1 is 1.44 bits per heavy atom. The monoisotopic (exact) mass is 225 g/mol. The Hall–Kier alpha value is -0.560. The van der Waals surface area contributed by atoms with E-state index in [4.69, 9.17) is 11.2 Å². The maximum atomic E-state index is 9.64. The molecule has 92 valence electrons. The van der Waals surface area contributed by atoms with Crippen LogP contribution in [0, 0.1) is 12.3 Å². The van der Waals surface area contributed by atoms with E-state index in [-0.39, 0.29) is 0 Å². The molecule has 0 spiro atoms. The first-order valence-electron chi connectivity index (χ1n) is 6.26. The fourth-order valence-corrected chi connectivity index (χ4v) is 1.95. The molecule has 0 bridgehead atoms. The van der Waals surface area contributed by atoms with E-state index in [1.807, 2.05) is 0 Å². The Kier molecular flexibility index (Phi) is 7.24. The van der Waals surface area contributed by atoms with Gasteiger partial charge in [0.15, 0.2) is 0 Å². The molecule has 1 rings (SSSR count). The molecule has 1 unspecified atom stereocenters. The lowest BCUT2D eigenvalue weighted by atomic mass is 10.3. The fourth-order valence-electron chi connectivity index (χ4n) is 1.95. The van der Waals surface area contributed by atoms with Crippen molar-refractivity contribution in [1.29, 1.82) is 0 Å². The molecule has 0 aromatic rings. The SMILES string of the molecule is C#CCCCNCC(O)COC1CCCC1. The van der Waals surface area contributed by atoms with Crippen molar-refractivity contribution in [1.82, 2.24) is 5.32 Å². The van der Waals surface area contributed by atoms with Crippen molar-refractivity contribution in [2.75, 3.05) is 19.7 Å². The van der Waals surface area contributed by atoms with Crippen LogP contribution in [0.15, 0.2) is 0 Å². The zero-order valence-electron chi connectivity index (χ0n) is 9.95. The Morgan fingerprint density at radius 2 is 2.19 bits per heavy atom. The van der Waals surface area contributed by atoms with Crippen molar-refractivity contribution in [2.24, 2.45) is 0 Å². The fraction of sp³-hybridized carbons (Fsp3) is 0.846. The van der Waals surface area contributed by atoms with Gasteiger partial charge in [0.25, 0.3) is 0 Å². The molecule has 0 radical (unpaired) electrons. The Balaban J connectivity index is 1.90. The van der Waals surface area contributed by atoms with Crippen LogP contribution in [0.1, 0.15) is 38.5 Å². The van der Waals surface area contributed by atoms with Crippen LogP contribution in [0.5, 0.6) is 0 Å². The summed E-state index contributed by atoms with van der Waals surface area (Å²) < 4.78 is 5.62. The standard InChI is InChI=1S/C13H23NO2/c1-2-3-6-9-14-10-12(15)11-16-13-7-4-5-8-13/h1,12-15H,3-11H2. The van der Waals surface area contributed by atoms with Crippen LogP contribution in [0.2, 0.25) is 0 Å². The van der Waals surface area contributed by atoms with Crippen LogP contribution < -0.4 is 5.32 Å². The second-order valence-corrected chi connectivity index (χ2v) is 4.41. The summed E-state index contributed by atoms with van der Waals surface area (Å²) in [4.78, 5) is 0. The topological polar surface area (TPSA) is 41.5 Å². The highest BCUT2D eigenvalue weighted by molar-refractivity contribution is 4.83. The first kappa shape index (κ1) is 13.5. The van der Waals surface area contributed by atoms with Crippen molar-refractivity contribution in [3.05, 3.63) is 0 Å². The molecule has 2 N–H and O–H groups in total. The molecule has 3 heteroatoms. The number of ether oxygens (including phenoxy) is 1. The van der Waals surface area contributed by atoms with Gasteiger partial charge in [0.2, 0.25) is 0 Å². The Morgan fingerprint density at radius 3 is 2.88 bits per heavy atom. The molecule has 0 aromatic heterocycles. The van der Waals surface area contributed by atoms with Gasteiger partial charge in [-0.05, 0) is 25.8 Å². The van der Waals surface area contributed by atoms with Crippen LogP contribution in [0.25, 0.3) is 0 Å². The van der Waals surface area contributed by atoms with E-state index in [0.29, 0.717) is 19.3 Å². The van der Waals surface area contributed by atoms with E-state index in [1.165, 1.54) is 12.8 Å². The summed E-state index contributed by atoms with van der Waals surface area (Å²) in [5.41, 5.74) is 0. The average Bonchev–Trinajstić information content (AvgIpc) is 2.79. The van der Waals surface area contributed by atoms with Gasteiger partial charge < -0.3 is 15.2 Å². The average molecular weight is 225 g/mol. The highest BCUT2D eigenvalue weighted by Gasteiger charge is 2.16. The molecular weight excluding hydrogens is 202 g/mol. The first-order chi connectivity index (χ1) is 7.83. The molecule has 1 aliphatic rings. The summed E-state index contributed by atoms with van der Waals surface area (Å²) in [6.07, 6.45) is 11.7. The highest BCUT2D eigenvalue weighted by atomic mass is 16.5. The number of rotatable bonds is 8. The Labute approximate surface area is 98.6 Å². The number of terminal acetylenes is 1. The summed E-state index contributed by atoms with van der Waals surface area (Å²) >= 11 is 0. The van der Waals surface area contributed by atoms with Gasteiger partial charge >= 0.3 is 0 Å². The zero-order chi connectivity index (χ0) is 11.6. The van der Waals surface area contributed by atoms with Crippen LogP contribution in [0.3, 0.4) is 0 Å². The van der Waals surface area contributed by atoms with E-state index in [9.17, 15) is 5.11 Å². The normalized spacial score (nSPS) is 18.5. The first-order valence-corrected chi connectivity index (χ1v) is 6.26.